The number of halogens is 1. The first kappa shape index (κ1) is 23.9. The summed E-state index contributed by atoms with van der Waals surface area (Å²) in [5.41, 5.74) is 0.0717. The first-order chi connectivity index (χ1) is 15.0. The Labute approximate surface area is 195 Å². The van der Waals surface area contributed by atoms with Crippen molar-refractivity contribution < 1.29 is 14.3 Å². The molecule has 0 spiro atoms. The van der Waals surface area contributed by atoms with Crippen molar-refractivity contribution in [1.82, 2.24) is 4.90 Å². The van der Waals surface area contributed by atoms with Gasteiger partial charge in [-0.05, 0) is 44.2 Å². The number of benzene rings is 2. The quantitative estimate of drug-likeness (QED) is 0.698. The van der Waals surface area contributed by atoms with Crippen LogP contribution in [0.1, 0.15) is 34.6 Å². The van der Waals surface area contributed by atoms with Gasteiger partial charge in [-0.15, -0.1) is 0 Å². The van der Waals surface area contributed by atoms with Crippen LogP contribution < -0.4 is 15.0 Å². The molecular weight excluding hydrogens is 426 g/mol. The summed E-state index contributed by atoms with van der Waals surface area (Å²) in [7, 11) is 0. The van der Waals surface area contributed by atoms with Crippen molar-refractivity contribution in [2.24, 2.45) is 5.41 Å². The largest absolute Gasteiger partial charge is 0.478 e. The average molecular weight is 458 g/mol. The van der Waals surface area contributed by atoms with Crippen LogP contribution in [0.4, 0.5) is 11.4 Å². The predicted octanol–water partition coefficient (Wildman–Crippen LogP) is 4.83. The van der Waals surface area contributed by atoms with Crippen molar-refractivity contribution in [2.45, 2.75) is 40.2 Å². The maximum Gasteiger partial charge on any atom is 0.267 e. The van der Waals surface area contributed by atoms with Crippen molar-refractivity contribution in [3.05, 3.63) is 53.6 Å². The lowest BCUT2D eigenvalue weighted by atomic mass is 9.94. The van der Waals surface area contributed by atoms with Crippen LogP contribution in [0.15, 0.2) is 48.5 Å². The predicted molar refractivity (Wildman–Crippen MR) is 129 cm³/mol. The van der Waals surface area contributed by atoms with Crippen LogP contribution in [0.25, 0.3) is 0 Å². The molecule has 7 heteroatoms. The molecule has 3 rings (SSSR count). The molecule has 1 fully saturated rings. The molecule has 0 radical (unpaired) electrons. The van der Waals surface area contributed by atoms with Crippen molar-refractivity contribution in [3.8, 4) is 5.75 Å². The summed E-state index contributed by atoms with van der Waals surface area (Å²) in [5, 5.41) is 3.45. The van der Waals surface area contributed by atoms with Gasteiger partial charge in [-0.1, -0.05) is 50.6 Å². The van der Waals surface area contributed by atoms with Crippen molar-refractivity contribution in [2.75, 3.05) is 36.4 Å². The fraction of sp³-hybridized carbons (Fsp3) is 0.440. The second kappa shape index (κ2) is 9.41. The van der Waals surface area contributed by atoms with E-state index < -0.39 is 5.60 Å². The molecule has 0 unspecified atom stereocenters. The van der Waals surface area contributed by atoms with Gasteiger partial charge < -0.3 is 19.9 Å². The van der Waals surface area contributed by atoms with Crippen LogP contribution in [-0.4, -0.2) is 48.5 Å². The van der Waals surface area contributed by atoms with Crippen LogP contribution >= 0.6 is 11.6 Å². The van der Waals surface area contributed by atoms with Crippen LogP contribution in [0, 0.1) is 5.41 Å². The van der Waals surface area contributed by atoms with Gasteiger partial charge in [0.1, 0.15) is 5.75 Å². The molecule has 1 aliphatic rings. The van der Waals surface area contributed by atoms with Gasteiger partial charge in [0.05, 0.1) is 10.7 Å². The molecule has 0 aromatic heterocycles. The minimum absolute atomic E-state index is 0.168. The molecule has 172 valence electrons. The summed E-state index contributed by atoms with van der Waals surface area (Å²) in [6.07, 6.45) is 0. The maximum absolute atomic E-state index is 12.8. The van der Waals surface area contributed by atoms with Crippen LogP contribution in [0.2, 0.25) is 5.02 Å². The lowest BCUT2D eigenvalue weighted by molar-refractivity contribution is -0.139. The zero-order chi connectivity index (χ0) is 23.5. The van der Waals surface area contributed by atoms with Gasteiger partial charge >= 0.3 is 0 Å². The molecule has 2 amide bonds. The summed E-state index contributed by atoms with van der Waals surface area (Å²) in [4.78, 5) is 29.4. The van der Waals surface area contributed by atoms with Gasteiger partial charge in [-0.25, -0.2) is 0 Å². The topological polar surface area (TPSA) is 61.9 Å². The van der Waals surface area contributed by atoms with E-state index in [-0.39, 0.29) is 17.2 Å². The standard InChI is InChI=1S/C25H32ClN3O3/c1-24(2,3)23(31)29-15-13-28(14-16-29)21-12-11-18(17-20(21)26)27-22(30)25(4,5)32-19-9-7-6-8-10-19/h6-12,17H,13-16H2,1-5H3,(H,27,30). The number of para-hydroxylation sites is 1. The van der Waals surface area contributed by atoms with Crippen molar-refractivity contribution in [1.29, 1.82) is 0 Å². The number of hydrogen-bond acceptors (Lipinski definition) is 4. The van der Waals surface area contributed by atoms with E-state index in [0.29, 0.717) is 42.6 Å². The number of carbonyl (C=O) groups is 2. The third-order valence-electron chi connectivity index (χ3n) is 5.42. The number of piperazine rings is 1. The third-order valence-corrected chi connectivity index (χ3v) is 5.72. The number of carbonyl (C=O) groups excluding carboxylic acids is 2. The number of amides is 2. The Kier molecular flexibility index (Phi) is 7.03. The third kappa shape index (κ3) is 5.74. The molecule has 0 aliphatic carbocycles. The lowest BCUT2D eigenvalue weighted by Crippen LogP contribution is -2.51. The summed E-state index contributed by atoms with van der Waals surface area (Å²) in [5.74, 6) is 0.534. The smallest absolute Gasteiger partial charge is 0.267 e. The second-order valence-corrected chi connectivity index (χ2v) is 9.98. The minimum Gasteiger partial charge on any atom is -0.478 e. The fourth-order valence-electron chi connectivity index (χ4n) is 3.58. The lowest BCUT2D eigenvalue weighted by Gasteiger charge is -2.39. The monoisotopic (exact) mass is 457 g/mol. The Morgan fingerprint density at radius 2 is 1.56 bits per heavy atom. The zero-order valence-corrected chi connectivity index (χ0v) is 20.2. The van der Waals surface area contributed by atoms with E-state index in [1.807, 2.05) is 68.1 Å². The van der Waals surface area contributed by atoms with Gasteiger partial charge in [-0.3, -0.25) is 9.59 Å². The highest BCUT2D eigenvalue weighted by atomic mass is 35.5. The Bertz CT molecular complexity index is 962. The van der Waals surface area contributed by atoms with Gasteiger partial charge in [0.15, 0.2) is 5.60 Å². The summed E-state index contributed by atoms with van der Waals surface area (Å²) in [6, 6.07) is 14.7. The molecule has 2 aromatic rings. The van der Waals surface area contributed by atoms with Gasteiger partial charge in [0.2, 0.25) is 5.91 Å². The molecule has 0 bridgehead atoms. The van der Waals surface area contributed by atoms with Crippen LogP contribution in [0.3, 0.4) is 0 Å². The van der Waals surface area contributed by atoms with E-state index in [1.165, 1.54) is 0 Å². The Morgan fingerprint density at radius 3 is 2.12 bits per heavy atom. The molecule has 1 saturated heterocycles. The van der Waals surface area contributed by atoms with Gasteiger partial charge in [0.25, 0.3) is 5.91 Å². The maximum atomic E-state index is 12.8. The number of hydrogen-bond donors (Lipinski definition) is 1. The summed E-state index contributed by atoms with van der Waals surface area (Å²) in [6.45, 7) is 12.0. The molecule has 1 heterocycles. The number of nitrogens with zero attached hydrogens (tertiary/aromatic N) is 2. The normalized spacial score (nSPS) is 14.8. The van der Waals surface area contributed by atoms with Crippen LogP contribution in [0.5, 0.6) is 5.75 Å². The van der Waals surface area contributed by atoms with Gasteiger partial charge in [0, 0.05) is 37.3 Å². The first-order valence-corrected chi connectivity index (χ1v) is 11.2. The summed E-state index contributed by atoms with van der Waals surface area (Å²) >= 11 is 6.56. The average Bonchev–Trinajstić information content (AvgIpc) is 2.73. The zero-order valence-electron chi connectivity index (χ0n) is 19.4. The molecule has 1 N–H and O–H groups in total. The number of nitrogens with one attached hydrogen (secondary N) is 1. The molecular formula is C25H32ClN3O3. The van der Waals surface area contributed by atoms with E-state index in [0.717, 1.165) is 5.69 Å². The SMILES string of the molecule is CC(C)(C)C(=O)N1CCN(c2ccc(NC(=O)C(C)(C)Oc3ccccc3)cc2Cl)CC1. The van der Waals surface area contributed by atoms with Crippen LogP contribution in [-0.2, 0) is 9.59 Å². The van der Waals surface area contributed by atoms with E-state index in [4.69, 9.17) is 16.3 Å². The fourth-order valence-corrected chi connectivity index (χ4v) is 3.88. The molecule has 0 atom stereocenters. The Morgan fingerprint density at radius 1 is 0.938 bits per heavy atom. The molecule has 6 nitrogen and oxygen atoms in total. The van der Waals surface area contributed by atoms with E-state index in [9.17, 15) is 9.59 Å². The van der Waals surface area contributed by atoms with E-state index >= 15 is 0 Å². The Balaban J connectivity index is 1.62. The highest BCUT2D eigenvalue weighted by Crippen LogP contribution is 2.31. The van der Waals surface area contributed by atoms with Crippen molar-refractivity contribution in [3.63, 3.8) is 0 Å². The van der Waals surface area contributed by atoms with E-state index in [1.54, 1.807) is 19.9 Å². The second-order valence-electron chi connectivity index (χ2n) is 9.57. The molecule has 2 aromatic carbocycles. The highest BCUT2D eigenvalue weighted by molar-refractivity contribution is 6.33. The van der Waals surface area contributed by atoms with Gasteiger partial charge in [-0.2, -0.15) is 0 Å². The highest BCUT2D eigenvalue weighted by Gasteiger charge is 2.31. The molecule has 32 heavy (non-hydrogen) atoms. The van der Waals surface area contributed by atoms with Crippen molar-refractivity contribution >= 4 is 34.8 Å². The molecule has 0 saturated carbocycles. The number of anilines is 2. The first-order valence-electron chi connectivity index (χ1n) is 10.9. The van der Waals surface area contributed by atoms with E-state index in [2.05, 4.69) is 10.2 Å². The Hall–Kier alpha value is -2.73. The molecule has 1 aliphatic heterocycles. The minimum atomic E-state index is -1.05. The number of rotatable bonds is 5. The summed E-state index contributed by atoms with van der Waals surface area (Å²) < 4.78 is 5.85. The number of ether oxygens (including phenoxy) is 1.